The molecule has 31 heavy (non-hydrogen) atoms. The van der Waals surface area contributed by atoms with E-state index in [-0.39, 0.29) is 24.8 Å². The Bertz CT molecular complexity index is 1110. The van der Waals surface area contributed by atoms with Crippen LogP contribution in [-0.4, -0.2) is 39.6 Å². The molecule has 3 amide bonds. The maximum Gasteiger partial charge on any atom is 0.404 e. The highest BCUT2D eigenvalue weighted by molar-refractivity contribution is 6.30. The minimum Gasteiger partial charge on any atom is -0.450 e. The van der Waals surface area contributed by atoms with Gasteiger partial charge >= 0.3 is 6.09 Å². The van der Waals surface area contributed by atoms with Gasteiger partial charge in [-0.2, -0.15) is 0 Å². The average molecular weight is 441 g/mol. The van der Waals surface area contributed by atoms with Crippen molar-refractivity contribution in [2.75, 3.05) is 6.61 Å². The van der Waals surface area contributed by atoms with Gasteiger partial charge in [-0.15, -0.1) is 10.2 Å². The molecule has 0 radical (unpaired) electrons. The van der Waals surface area contributed by atoms with Crippen molar-refractivity contribution in [3.63, 3.8) is 0 Å². The predicted molar refractivity (Wildman–Crippen MR) is 109 cm³/mol. The smallest absolute Gasteiger partial charge is 0.404 e. The third kappa shape index (κ3) is 4.13. The number of amides is 3. The van der Waals surface area contributed by atoms with E-state index in [2.05, 4.69) is 10.2 Å². The fourth-order valence-electron chi connectivity index (χ4n) is 3.38. The molecule has 0 aliphatic carbocycles. The van der Waals surface area contributed by atoms with Crippen LogP contribution in [0.1, 0.15) is 45.5 Å². The number of halogens is 1. The summed E-state index contributed by atoms with van der Waals surface area (Å²) in [5.74, 6) is -0.583. The number of primary amides is 1. The van der Waals surface area contributed by atoms with Gasteiger partial charge in [-0.3, -0.25) is 14.5 Å². The Morgan fingerprint density at radius 2 is 1.71 bits per heavy atom. The monoisotopic (exact) mass is 440 g/mol. The Kier molecular flexibility index (Phi) is 5.68. The van der Waals surface area contributed by atoms with Crippen molar-refractivity contribution >= 4 is 29.5 Å². The fourth-order valence-corrected chi connectivity index (χ4v) is 3.51. The highest BCUT2D eigenvalue weighted by Gasteiger charge is 2.42. The number of hydrogen-bond acceptors (Lipinski definition) is 7. The number of nitrogens with two attached hydrogens (primary N) is 1. The van der Waals surface area contributed by atoms with Crippen LogP contribution in [0.3, 0.4) is 0 Å². The summed E-state index contributed by atoms with van der Waals surface area (Å²) in [6.07, 6.45) is -0.346. The van der Waals surface area contributed by atoms with Crippen molar-refractivity contribution in [1.29, 1.82) is 0 Å². The van der Waals surface area contributed by atoms with Crippen LogP contribution in [-0.2, 0) is 4.74 Å². The summed E-state index contributed by atoms with van der Waals surface area (Å²) in [4.78, 5) is 37.9. The molecule has 0 fully saturated rings. The Morgan fingerprint density at radius 3 is 2.32 bits per heavy atom. The second-order valence-electron chi connectivity index (χ2n) is 6.80. The normalized spacial score (nSPS) is 13.9. The van der Waals surface area contributed by atoms with Gasteiger partial charge in [0.1, 0.15) is 6.04 Å². The van der Waals surface area contributed by atoms with Crippen LogP contribution in [0.25, 0.3) is 11.5 Å². The molecule has 1 aromatic heterocycles. The second-order valence-corrected chi connectivity index (χ2v) is 7.24. The first kappa shape index (κ1) is 20.5. The molecular formula is C21H17ClN4O5. The quantitative estimate of drug-likeness (QED) is 0.439. The van der Waals surface area contributed by atoms with Gasteiger partial charge in [-0.05, 0) is 49.2 Å². The lowest BCUT2D eigenvalue weighted by atomic mass is 10.1. The van der Waals surface area contributed by atoms with Gasteiger partial charge in [-0.25, -0.2) is 4.79 Å². The van der Waals surface area contributed by atoms with E-state index >= 15 is 0 Å². The van der Waals surface area contributed by atoms with Gasteiger partial charge in [0.05, 0.1) is 17.7 Å². The summed E-state index contributed by atoms with van der Waals surface area (Å²) in [6.45, 7) is 0.0210. The van der Waals surface area contributed by atoms with Gasteiger partial charge in [0.25, 0.3) is 11.8 Å². The summed E-state index contributed by atoms with van der Waals surface area (Å²) >= 11 is 5.92. The van der Waals surface area contributed by atoms with E-state index in [1.54, 1.807) is 48.5 Å². The van der Waals surface area contributed by atoms with Gasteiger partial charge in [0.2, 0.25) is 11.8 Å². The van der Waals surface area contributed by atoms with Crippen LogP contribution in [0.5, 0.6) is 0 Å². The zero-order valence-corrected chi connectivity index (χ0v) is 16.9. The van der Waals surface area contributed by atoms with Gasteiger partial charge in [0.15, 0.2) is 0 Å². The number of ether oxygens (including phenoxy) is 1. The Hall–Kier alpha value is -3.72. The molecule has 0 saturated heterocycles. The lowest BCUT2D eigenvalue weighted by Crippen LogP contribution is -2.34. The van der Waals surface area contributed by atoms with E-state index < -0.39 is 23.9 Å². The average Bonchev–Trinajstić information content (AvgIpc) is 3.34. The molecule has 2 N–H and O–H groups in total. The highest BCUT2D eigenvalue weighted by atomic mass is 35.5. The predicted octanol–water partition coefficient (Wildman–Crippen LogP) is 3.60. The first-order valence-corrected chi connectivity index (χ1v) is 9.82. The molecule has 3 aromatic rings. The molecule has 1 atom stereocenters. The van der Waals surface area contributed by atoms with Crippen molar-refractivity contribution in [2.24, 2.45) is 5.73 Å². The van der Waals surface area contributed by atoms with Crippen LogP contribution >= 0.6 is 11.6 Å². The summed E-state index contributed by atoms with van der Waals surface area (Å²) < 4.78 is 10.6. The van der Waals surface area contributed by atoms with Crippen molar-refractivity contribution in [3.8, 4) is 11.5 Å². The van der Waals surface area contributed by atoms with Crippen molar-refractivity contribution in [2.45, 2.75) is 18.9 Å². The van der Waals surface area contributed by atoms with E-state index in [4.69, 9.17) is 26.5 Å². The molecule has 0 spiro atoms. The Morgan fingerprint density at radius 1 is 1.06 bits per heavy atom. The third-order valence-corrected chi connectivity index (χ3v) is 5.07. The maximum absolute atomic E-state index is 13.0. The molecule has 2 heterocycles. The van der Waals surface area contributed by atoms with E-state index in [0.29, 0.717) is 28.1 Å². The van der Waals surface area contributed by atoms with Crippen LogP contribution in [0.4, 0.5) is 4.79 Å². The number of imide groups is 1. The molecular weight excluding hydrogens is 424 g/mol. The summed E-state index contributed by atoms with van der Waals surface area (Å²) in [6, 6.07) is 12.5. The molecule has 9 nitrogen and oxygen atoms in total. The van der Waals surface area contributed by atoms with Crippen LogP contribution in [0.2, 0.25) is 5.02 Å². The summed E-state index contributed by atoms with van der Waals surface area (Å²) in [5, 5.41) is 8.68. The SMILES string of the molecule is NC(=O)OCCCC(c1nnc(-c2ccc(Cl)cc2)o1)N1C(=O)c2ccccc2C1=O. The molecule has 1 aliphatic heterocycles. The van der Waals surface area contributed by atoms with E-state index in [1.165, 1.54) is 0 Å². The molecule has 10 heteroatoms. The van der Waals surface area contributed by atoms with Crippen molar-refractivity contribution in [1.82, 2.24) is 15.1 Å². The fraction of sp³-hybridized carbons (Fsp3) is 0.190. The first-order chi connectivity index (χ1) is 15.0. The number of carbonyl (C=O) groups is 3. The number of benzene rings is 2. The largest absolute Gasteiger partial charge is 0.450 e. The number of aromatic nitrogens is 2. The molecule has 0 saturated carbocycles. The topological polar surface area (TPSA) is 129 Å². The molecule has 1 aliphatic rings. The molecule has 1 unspecified atom stereocenters. The standard InChI is InChI=1S/C21H17ClN4O5/c22-13-9-7-12(8-10-13)17-24-25-18(31-17)16(6-3-11-30-21(23)29)26-19(27)14-4-1-2-5-15(14)20(26)28/h1-2,4-5,7-10,16H,3,6,11H2,(H2,23,29). The number of nitrogens with zero attached hydrogens (tertiary/aromatic N) is 3. The van der Waals surface area contributed by atoms with Crippen LogP contribution < -0.4 is 5.73 Å². The van der Waals surface area contributed by atoms with E-state index in [9.17, 15) is 14.4 Å². The number of fused-ring (bicyclic) bond motifs is 1. The zero-order valence-electron chi connectivity index (χ0n) is 16.2. The van der Waals surface area contributed by atoms with Gasteiger partial charge in [-0.1, -0.05) is 23.7 Å². The van der Waals surface area contributed by atoms with E-state index in [1.807, 2.05) is 0 Å². The van der Waals surface area contributed by atoms with Crippen LogP contribution in [0, 0.1) is 0 Å². The minimum absolute atomic E-state index is 0.0210. The molecule has 4 rings (SSSR count). The number of carbonyl (C=O) groups excluding carboxylic acids is 3. The molecule has 0 bridgehead atoms. The Balaban J connectivity index is 1.64. The Labute approximate surface area is 181 Å². The number of hydrogen-bond donors (Lipinski definition) is 1. The van der Waals surface area contributed by atoms with Gasteiger partial charge < -0.3 is 14.9 Å². The summed E-state index contributed by atoms with van der Waals surface area (Å²) in [5.41, 5.74) is 6.25. The lowest BCUT2D eigenvalue weighted by molar-refractivity contribution is 0.0537. The molecule has 158 valence electrons. The number of rotatable bonds is 7. The zero-order chi connectivity index (χ0) is 22.0. The first-order valence-electron chi connectivity index (χ1n) is 9.44. The van der Waals surface area contributed by atoms with Gasteiger partial charge in [0, 0.05) is 10.6 Å². The van der Waals surface area contributed by atoms with Crippen molar-refractivity contribution < 1.29 is 23.5 Å². The minimum atomic E-state index is -0.903. The van der Waals surface area contributed by atoms with Crippen LogP contribution in [0.15, 0.2) is 52.9 Å². The molecule has 2 aromatic carbocycles. The highest BCUT2D eigenvalue weighted by Crippen LogP contribution is 2.34. The van der Waals surface area contributed by atoms with E-state index in [0.717, 1.165) is 4.90 Å². The van der Waals surface area contributed by atoms with Crippen molar-refractivity contribution in [3.05, 3.63) is 70.6 Å². The summed E-state index contributed by atoms with van der Waals surface area (Å²) in [7, 11) is 0. The second kappa shape index (κ2) is 8.57. The lowest BCUT2D eigenvalue weighted by Gasteiger charge is -2.23. The third-order valence-electron chi connectivity index (χ3n) is 4.82. The maximum atomic E-state index is 13.0.